The van der Waals surface area contributed by atoms with Crippen LogP contribution in [-0.2, 0) is 0 Å². The summed E-state index contributed by atoms with van der Waals surface area (Å²) < 4.78 is 12.3. The number of nitrogens with two attached hydrogens (primary N) is 1. The Kier molecular flexibility index (Phi) is 7.59. The Morgan fingerprint density at radius 2 is 2.03 bits per heavy atom. The highest BCUT2D eigenvalue weighted by atomic mass is 19.1. The van der Waals surface area contributed by atoms with Gasteiger partial charge in [-0.25, -0.2) is 9.37 Å². The van der Waals surface area contributed by atoms with E-state index in [1.54, 1.807) is 12.1 Å². The molecule has 1 unspecified atom stereocenters. The first-order chi connectivity index (χ1) is 14.6. The fourth-order valence-electron chi connectivity index (χ4n) is 3.50. The molecule has 0 amide bonds. The van der Waals surface area contributed by atoms with E-state index >= 15 is 0 Å². The molecule has 158 valence electrons. The van der Waals surface area contributed by atoms with Gasteiger partial charge in [-0.15, -0.1) is 0 Å². The highest BCUT2D eigenvalue weighted by Crippen LogP contribution is 2.22. The summed E-state index contributed by atoms with van der Waals surface area (Å²) in [5.41, 5.74) is 8.27. The summed E-state index contributed by atoms with van der Waals surface area (Å²) in [6.45, 7) is 1.45. The predicted molar refractivity (Wildman–Crippen MR) is 120 cm³/mol. The van der Waals surface area contributed by atoms with Crippen molar-refractivity contribution in [2.45, 2.75) is 31.6 Å². The van der Waals surface area contributed by atoms with Crippen LogP contribution in [0, 0.1) is 10.8 Å². The molecule has 0 aliphatic carbocycles. The molecule has 1 fully saturated rings. The fourth-order valence-corrected chi connectivity index (χ4v) is 3.50. The first-order valence-electron chi connectivity index (χ1n) is 10.3. The first kappa shape index (κ1) is 21.5. The minimum atomic E-state index is -0.550. The highest BCUT2D eigenvalue weighted by molar-refractivity contribution is 6.13. The lowest BCUT2D eigenvalue weighted by molar-refractivity contribution is 0.505. The number of hydrogen-bond donors (Lipinski definition) is 3. The molecule has 30 heavy (non-hydrogen) atoms. The van der Waals surface area contributed by atoms with Crippen LogP contribution in [0.1, 0.15) is 48.6 Å². The number of alkyl halides is 1. The number of pyridine rings is 2. The Hall–Kier alpha value is -3.16. The zero-order valence-electron chi connectivity index (χ0n) is 17.0. The average molecular weight is 410 g/mol. The molecule has 0 bridgehead atoms. The van der Waals surface area contributed by atoms with E-state index in [-0.39, 0.29) is 12.3 Å². The van der Waals surface area contributed by atoms with Gasteiger partial charge in [0.25, 0.3) is 0 Å². The molecule has 2 aromatic heterocycles. The Balaban J connectivity index is 1.87. The van der Waals surface area contributed by atoms with Crippen molar-refractivity contribution in [2.75, 3.05) is 36.9 Å². The van der Waals surface area contributed by atoms with Crippen LogP contribution in [0.25, 0.3) is 0 Å². The molecule has 3 rings (SSSR count). The van der Waals surface area contributed by atoms with Gasteiger partial charge in [0.2, 0.25) is 0 Å². The second-order valence-corrected chi connectivity index (χ2v) is 7.29. The Labute approximate surface area is 176 Å². The molecule has 4 N–H and O–H groups in total. The lowest BCUT2D eigenvalue weighted by Gasteiger charge is -2.22. The quantitative estimate of drug-likeness (QED) is 0.577. The van der Waals surface area contributed by atoms with E-state index in [4.69, 9.17) is 21.5 Å². The minimum absolute atomic E-state index is 0.0508. The van der Waals surface area contributed by atoms with Crippen LogP contribution < -0.4 is 10.6 Å². The number of aliphatic imine (C=N–C) groups is 1. The summed E-state index contributed by atoms with van der Waals surface area (Å²) in [4.78, 5) is 15.2. The topological polar surface area (TPSA) is 115 Å². The van der Waals surface area contributed by atoms with Gasteiger partial charge in [0, 0.05) is 31.1 Å². The van der Waals surface area contributed by atoms with Crippen LogP contribution in [0.3, 0.4) is 0 Å². The van der Waals surface area contributed by atoms with Crippen molar-refractivity contribution in [3.05, 3.63) is 47.4 Å². The normalized spacial score (nSPS) is 15.7. The van der Waals surface area contributed by atoms with Gasteiger partial charge in [-0.1, -0.05) is 18.9 Å². The molecule has 1 aliphatic rings. The van der Waals surface area contributed by atoms with Crippen LogP contribution >= 0.6 is 0 Å². The Bertz CT molecular complexity index is 904. The van der Waals surface area contributed by atoms with Crippen molar-refractivity contribution in [1.82, 2.24) is 9.97 Å². The number of aromatic nitrogens is 2. The van der Waals surface area contributed by atoms with E-state index in [9.17, 15) is 4.39 Å². The van der Waals surface area contributed by atoms with Crippen molar-refractivity contribution in [1.29, 1.82) is 10.8 Å². The molecule has 2 aromatic rings. The lowest BCUT2D eigenvalue weighted by atomic mass is 10.0. The summed E-state index contributed by atoms with van der Waals surface area (Å²) in [5, 5.41) is 16.3. The molecule has 1 saturated heterocycles. The fraction of sp³-hybridized carbons (Fsp3) is 0.409. The third kappa shape index (κ3) is 5.25. The Morgan fingerprint density at radius 1 is 1.27 bits per heavy atom. The van der Waals surface area contributed by atoms with Gasteiger partial charge in [-0.05, 0) is 31.0 Å². The third-order valence-corrected chi connectivity index (χ3v) is 5.15. The maximum atomic E-state index is 12.3. The van der Waals surface area contributed by atoms with Crippen molar-refractivity contribution >= 4 is 29.6 Å². The molecule has 7 nitrogen and oxygen atoms in total. The maximum Gasteiger partial charge on any atom is 0.129 e. The molecular weight excluding hydrogens is 381 g/mol. The number of nitrogens with zero attached hydrogens (tertiary/aromatic N) is 4. The van der Waals surface area contributed by atoms with Gasteiger partial charge in [-0.3, -0.25) is 15.4 Å². The van der Waals surface area contributed by atoms with E-state index < -0.39 is 12.6 Å². The van der Waals surface area contributed by atoms with Gasteiger partial charge < -0.3 is 16.0 Å². The van der Waals surface area contributed by atoms with Crippen LogP contribution in [0.2, 0.25) is 0 Å². The molecule has 0 aromatic carbocycles. The second-order valence-electron chi connectivity index (χ2n) is 7.29. The SMILES string of the molecule is N=CC(C=NCCF)c1cc(C(=N)c2cccc(N3CCCCCC3)n2)c(N)cn1. The van der Waals surface area contributed by atoms with Crippen molar-refractivity contribution in [2.24, 2.45) is 4.99 Å². The second kappa shape index (κ2) is 10.6. The smallest absolute Gasteiger partial charge is 0.129 e. The van der Waals surface area contributed by atoms with Gasteiger partial charge in [0.1, 0.15) is 12.5 Å². The monoisotopic (exact) mass is 409 g/mol. The van der Waals surface area contributed by atoms with Gasteiger partial charge in [0.05, 0.1) is 41.4 Å². The largest absolute Gasteiger partial charge is 0.397 e. The number of anilines is 2. The molecule has 1 atom stereocenters. The maximum absolute atomic E-state index is 12.3. The van der Waals surface area contributed by atoms with Crippen molar-refractivity contribution in [3.8, 4) is 0 Å². The van der Waals surface area contributed by atoms with Crippen LogP contribution in [0.5, 0.6) is 0 Å². The average Bonchev–Trinajstić information content (AvgIpc) is 3.07. The van der Waals surface area contributed by atoms with E-state index in [0.717, 1.165) is 31.7 Å². The zero-order chi connectivity index (χ0) is 21.3. The molecule has 0 saturated carbocycles. The number of hydrogen-bond acceptors (Lipinski definition) is 7. The van der Waals surface area contributed by atoms with E-state index in [0.29, 0.717) is 22.6 Å². The van der Waals surface area contributed by atoms with E-state index in [2.05, 4.69) is 14.9 Å². The van der Waals surface area contributed by atoms with Gasteiger partial charge >= 0.3 is 0 Å². The van der Waals surface area contributed by atoms with Gasteiger partial charge in [-0.2, -0.15) is 0 Å². The number of nitrogen functional groups attached to an aromatic ring is 1. The molecule has 8 heteroatoms. The predicted octanol–water partition coefficient (Wildman–Crippen LogP) is 3.63. The third-order valence-electron chi connectivity index (χ3n) is 5.15. The highest BCUT2D eigenvalue weighted by Gasteiger charge is 2.17. The van der Waals surface area contributed by atoms with Crippen LogP contribution in [0.15, 0.2) is 35.5 Å². The van der Waals surface area contributed by atoms with E-state index in [1.807, 2.05) is 12.1 Å². The minimum Gasteiger partial charge on any atom is -0.397 e. The number of rotatable bonds is 8. The van der Waals surface area contributed by atoms with Crippen LogP contribution in [0.4, 0.5) is 15.9 Å². The number of halogens is 1. The number of nitrogens with one attached hydrogen (secondary N) is 2. The Morgan fingerprint density at radius 3 is 2.73 bits per heavy atom. The lowest BCUT2D eigenvalue weighted by Crippen LogP contribution is -2.25. The van der Waals surface area contributed by atoms with Gasteiger partial charge in [0.15, 0.2) is 0 Å². The van der Waals surface area contributed by atoms with Crippen LogP contribution in [-0.4, -0.2) is 54.4 Å². The summed E-state index contributed by atoms with van der Waals surface area (Å²) in [7, 11) is 0. The molecule has 0 radical (unpaired) electrons. The van der Waals surface area contributed by atoms with Crippen molar-refractivity contribution < 1.29 is 4.39 Å². The first-order valence-corrected chi connectivity index (χ1v) is 10.3. The summed E-state index contributed by atoms with van der Waals surface area (Å²) >= 11 is 0. The summed E-state index contributed by atoms with van der Waals surface area (Å²) in [6.07, 6.45) is 8.95. The molecule has 0 spiro atoms. The molecule has 3 heterocycles. The summed E-state index contributed by atoms with van der Waals surface area (Å²) in [5.74, 6) is 0.378. The van der Waals surface area contributed by atoms with E-state index in [1.165, 1.54) is 31.5 Å². The molecular formula is C22H28FN7. The standard InChI is InChI=1S/C22H28FN7/c23-8-9-27-14-16(13-24)20-12-17(18(25)15-28-20)22(26)19-6-5-7-21(29-19)30-10-3-1-2-4-11-30/h5-7,12-16,24,26H,1-4,8-11,25H2. The molecule has 1 aliphatic heterocycles. The van der Waals surface area contributed by atoms with Crippen molar-refractivity contribution in [3.63, 3.8) is 0 Å². The zero-order valence-corrected chi connectivity index (χ0v) is 17.0. The summed E-state index contributed by atoms with van der Waals surface area (Å²) in [6, 6.07) is 7.39.